The van der Waals surface area contributed by atoms with Crippen molar-refractivity contribution in [3.8, 4) is 0 Å². The van der Waals surface area contributed by atoms with E-state index in [1.807, 2.05) is 0 Å². The van der Waals surface area contributed by atoms with E-state index in [0.717, 1.165) is 18.3 Å². The maximum Gasteiger partial charge on any atom is 0.00105 e. The second-order valence-electron chi connectivity index (χ2n) is 5.58. The van der Waals surface area contributed by atoms with E-state index in [4.69, 9.17) is 5.73 Å². The second kappa shape index (κ2) is 8.81. The first kappa shape index (κ1) is 15.7. The Hall–Kier alpha value is -0.300. The minimum absolute atomic E-state index is 0.342. The molecule has 1 nitrogen and oxygen atoms in total. The van der Waals surface area contributed by atoms with Gasteiger partial charge in [-0.05, 0) is 50.4 Å². The van der Waals surface area contributed by atoms with Gasteiger partial charge in [-0.1, -0.05) is 33.3 Å². The lowest BCUT2D eigenvalue weighted by atomic mass is 9.81. The van der Waals surface area contributed by atoms with Crippen LogP contribution >= 0.6 is 0 Å². The van der Waals surface area contributed by atoms with Crippen LogP contribution in [0.2, 0.25) is 0 Å². The fourth-order valence-electron chi connectivity index (χ4n) is 2.29. The van der Waals surface area contributed by atoms with Gasteiger partial charge >= 0.3 is 0 Å². The van der Waals surface area contributed by atoms with E-state index < -0.39 is 0 Å². The second-order valence-corrected chi connectivity index (χ2v) is 5.58. The summed E-state index contributed by atoms with van der Waals surface area (Å²) in [5.74, 6) is 2.27. The summed E-state index contributed by atoms with van der Waals surface area (Å²) in [6, 6.07) is 0.342. The average molecular weight is 225 g/mol. The highest BCUT2D eigenvalue weighted by Gasteiger charge is 2.17. The van der Waals surface area contributed by atoms with E-state index >= 15 is 0 Å². The van der Waals surface area contributed by atoms with Gasteiger partial charge in [0.15, 0.2) is 0 Å². The quantitative estimate of drug-likeness (QED) is 0.579. The van der Waals surface area contributed by atoms with Crippen molar-refractivity contribution in [2.45, 2.75) is 65.8 Å². The molecule has 0 radical (unpaired) electrons. The molecule has 0 saturated heterocycles. The predicted octanol–water partition coefficient (Wildman–Crippen LogP) is 4.38. The van der Waals surface area contributed by atoms with Crippen LogP contribution in [-0.4, -0.2) is 6.04 Å². The number of hydrogen-bond donors (Lipinski definition) is 1. The van der Waals surface area contributed by atoms with E-state index in [0.29, 0.717) is 12.0 Å². The highest BCUT2D eigenvalue weighted by Crippen LogP contribution is 2.28. The molecule has 0 aromatic rings. The van der Waals surface area contributed by atoms with E-state index in [9.17, 15) is 0 Å². The minimum atomic E-state index is 0.342. The van der Waals surface area contributed by atoms with Gasteiger partial charge < -0.3 is 5.73 Å². The summed E-state index contributed by atoms with van der Waals surface area (Å²) in [6.07, 6.45) is 8.40. The van der Waals surface area contributed by atoms with Crippen LogP contribution in [-0.2, 0) is 0 Å². The van der Waals surface area contributed by atoms with Crippen molar-refractivity contribution >= 4 is 0 Å². The average Bonchev–Trinajstić information content (AvgIpc) is 2.21. The summed E-state index contributed by atoms with van der Waals surface area (Å²) >= 11 is 0. The first-order valence-electron chi connectivity index (χ1n) is 6.89. The number of rotatable bonds is 9. The molecule has 1 heteroatoms. The zero-order chi connectivity index (χ0) is 12.6. The van der Waals surface area contributed by atoms with Crippen LogP contribution in [0.25, 0.3) is 0 Å². The Morgan fingerprint density at radius 1 is 1.12 bits per heavy atom. The molecule has 3 atom stereocenters. The number of allylic oxidation sites excluding steroid dienone is 1. The summed E-state index contributed by atoms with van der Waals surface area (Å²) in [6.45, 7) is 13.0. The van der Waals surface area contributed by atoms with E-state index in [1.54, 1.807) is 0 Å². The SMILES string of the molecule is C=CC(CCC)CC(CCC(C)N)C(C)C. The Balaban J connectivity index is 4.14. The first-order chi connectivity index (χ1) is 7.51. The molecule has 16 heavy (non-hydrogen) atoms. The van der Waals surface area contributed by atoms with Crippen LogP contribution in [0.4, 0.5) is 0 Å². The fraction of sp³-hybridized carbons (Fsp3) is 0.867. The van der Waals surface area contributed by atoms with Crippen molar-refractivity contribution in [3.05, 3.63) is 12.7 Å². The van der Waals surface area contributed by atoms with Crippen molar-refractivity contribution in [3.63, 3.8) is 0 Å². The van der Waals surface area contributed by atoms with Crippen LogP contribution in [0.1, 0.15) is 59.8 Å². The lowest BCUT2D eigenvalue weighted by Crippen LogP contribution is -2.20. The molecule has 0 aromatic carbocycles. The molecule has 0 aliphatic carbocycles. The molecule has 0 saturated carbocycles. The summed E-state index contributed by atoms with van der Waals surface area (Å²) in [5.41, 5.74) is 5.84. The molecule has 0 bridgehead atoms. The van der Waals surface area contributed by atoms with Gasteiger partial charge in [-0.2, -0.15) is 0 Å². The molecule has 0 spiro atoms. The van der Waals surface area contributed by atoms with Gasteiger partial charge in [-0.3, -0.25) is 0 Å². The molecule has 0 aliphatic heterocycles. The van der Waals surface area contributed by atoms with Gasteiger partial charge in [-0.25, -0.2) is 0 Å². The molecule has 0 heterocycles. The van der Waals surface area contributed by atoms with Crippen molar-refractivity contribution in [1.29, 1.82) is 0 Å². The highest BCUT2D eigenvalue weighted by atomic mass is 14.6. The van der Waals surface area contributed by atoms with Crippen LogP contribution in [0, 0.1) is 17.8 Å². The van der Waals surface area contributed by atoms with Crippen molar-refractivity contribution in [1.82, 2.24) is 0 Å². The fourth-order valence-corrected chi connectivity index (χ4v) is 2.29. The van der Waals surface area contributed by atoms with Crippen molar-refractivity contribution in [2.24, 2.45) is 23.5 Å². The summed E-state index contributed by atoms with van der Waals surface area (Å²) in [4.78, 5) is 0. The van der Waals surface area contributed by atoms with Crippen LogP contribution < -0.4 is 5.73 Å². The van der Waals surface area contributed by atoms with E-state index in [2.05, 4.69) is 40.3 Å². The lowest BCUT2D eigenvalue weighted by Gasteiger charge is -2.25. The number of hydrogen-bond acceptors (Lipinski definition) is 1. The minimum Gasteiger partial charge on any atom is -0.328 e. The van der Waals surface area contributed by atoms with Crippen LogP contribution in [0.15, 0.2) is 12.7 Å². The third-order valence-corrected chi connectivity index (χ3v) is 3.53. The Morgan fingerprint density at radius 2 is 1.75 bits per heavy atom. The monoisotopic (exact) mass is 225 g/mol. The number of nitrogens with two attached hydrogens (primary N) is 1. The molecule has 0 amide bonds. The molecule has 96 valence electrons. The molecule has 0 rings (SSSR count). The lowest BCUT2D eigenvalue weighted by molar-refractivity contribution is 0.284. The van der Waals surface area contributed by atoms with Gasteiger partial charge in [0, 0.05) is 6.04 Å². The van der Waals surface area contributed by atoms with Crippen molar-refractivity contribution in [2.75, 3.05) is 0 Å². The van der Waals surface area contributed by atoms with E-state index in [-0.39, 0.29) is 0 Å². The maximum atomic E-state index is 5.84. The molecule has 3 unspecified atom stereocenters. The molecule has 0 fully saturated rings. The largest absolute Gasteiger partial charge is 0.328 e. The Kier molecular flexibility index (Phi) is 8.64. The Labute approximate surface area is 102 Å². The van der Waals surface area contributed by atoms with Gasteiger partial charge in [0.1, 0.15) is 0 Å². The van der Waals surface area contributed by atoms with Gasteiger partial charge in [-0.15, -0.1) is 6.58 Å². The highest BCUT2D eigenvalue weighted by molar-refractivity contribution is 4.82. The smallest absolute Gasteiger partial charge is 0.00105 e. The zero-order valence-electron chi connectivity index (χ0n) is 11.7. The van der Waals surface area contributed by atoms with Gasteiger partial charge in [0.05, 0.1) is 0 Å². The molecular formula is C15H31N. The standard InChI is InChI=1S/C15H31N/c1-6-8-14(7-2)11-15(12(3)4)10-9-13(5)16/h7,12-15H,2,6,8-11,16H2,1,3-5H3. The molecule has 0 aromatic heterocycles. The van der Waals surface area contributed by atoms with Gasteiger partial charge in [0.2, 0.25) is 0 Å². The maximum absolute atomic E-state index is 5.84. The molecule has 2 N–H and O–H groups in total. The zero-order valence-corrected chi connectivity index (χ0v) is 11.7. The third kappa shape index (κ3) is 7.05. The van der Waals surface area contributed by atoms with Crippen LogP contribution in [0.3, 0.4) is 0 Å². The van der Waals surface area contributed by atoms with Crippen molar-refractivity contribution < 1.29 is 0 Å². The summed E-state index contributed by atoms with van der Waals surface area (Å²) in [7, 11) is 0. The van der Waals surface area contributed by atoms with E-state index in [1.165, 1.54) is 25.7 Å². The molecule has 0 aliphatic rings. The third-order valence-electron chi connectivity index (χ3n) is 3.53. The predicted molar refractivity (Wildman–Crippen MR) is 74.4 cm³/mol. The first-order valence-corrected chi connectivity index (χ1v) is 6.89. The van der Waals surface area contributed by atoms with Crippen LogP contribution in [0.5, 0.6) is 0 Å². The summed E-state index contributed by atoms with van der Waals surface area (Å²) < 4.78 is 0. The molecular weight excluding hydrogens is 194 g/mol. The Morgan fingerprint density at radius 3 is 2.12 bits per heavy atom. The topological polar surface area (TPSA) is 26.0 Å². The Bertz CT molecular complexity index is 172. The van der Waals surface area contributed by atoms with Gasteiger partial charge in [0.25, 0.3) is 0 Å². The normalized spacial score (nSPS) is 17.1. The summed E-state index contributed by atoms with van der Waals surface area (Å²) in [5, 5.41) is 0.